The van der Waals surface area contributed by atoms with E-state index in [1.807, 2.05) is 22.7 Å². The van der Waals surface area contributed by atoms with E-state index in [2.05, 4.69) is 51.9 Å². The number of rotatable bonds is 11. The molecule has 0 saturated heterocycles. The summed E-state index contributed by atoms with van der Waals surface area (Å²) in [5, 5.41) is 18.0. The number of thioether (sulfide) groups is 1. The maximum Gasteiger partial charge on any atom is 0.343 e. The molecular formula is C24H40N4O3S. The van der Waals surface area contributed by atoms with E-state index in [1.54, 1.807) is 6.20 Å². The Labute approximate surface area is 197 Å². The molecule has 0 radical (unpaired) electrons. The number of amides is 1. The van der Waals surface area contributed by atoms with Crippen molar-refractivity contribution in [2.24, 2.45) is 11.3 Å². The topological polar surface area (TPSA) is 88.3 Å². The van der Waals surface area contributed by atoms with Crippen molar-refractivity contribution in [1.82, 2.24) is 19.9 Å². The summed E-state index contributed by atoms with van der Waals surface area (Å²) in [5.74, 6) is -0.425. The van der Waals surface area contributed by atoms with E-state index in [0.29, 0.717) is 29.4 Å². The molecule has 0 bridgehead atoms. The molecule has 0 fully saturated rings. The van der Waals surface area contributed by atoms with E-state index in [4.69, 9.17) is 0 Å². The lowest BCUT2D eigenvalue weighted by molar-refractivity contribution is -0.132. The lowest BCUT2D eigenvalue weighted by atomic mass is 9.88. The zero-order valence-electron chi connectivity index (χ0n) is 20.7. The van der Waals surface area contributed by atoms with Crippen molar-refractivity contribution in [2.75, 3.05) is 0 Å². The van der Waals surface area contributed by atoms with Crippen LogP contribution in [0.5, 0.6) is 0 Å². The van der Waals surface area contributed by atoms with Crippen molar-refractivity contribution < 1.29 is 14.7 Å². The lowest BCUT2D eigenvalue weighted by Gasteiger charge is -2.33. The van der Waals surface area contributed by atoms with Gasteiger partial charge in [-0.3, -0.25) is 4.79 Å². The molecule has 0 aromatic carbocycles. The third-order valence-corrected chi connectivity index (χ3v) is 8.31. The third kappa shape index (κ3) is 6.83. The lowest BCUT2D eigenvalue weighted by Crippen LogP contribution is -2.39. The van der Waals surface area contributed by atoms with Gasteiger partial charge < -0.3 is 10.0 Å². The zero-order chi connectivity index (χ0) is 24.1. The maximum absolute atomic E-state index is 13.5. The molecule has 32 heavy (non-hydrogen) atoms. The van der Waals surface area contributed by atoms with E-state index in [0.717, 1.165) is 25.7 Å². The minimum Gasteiger partial charge on any atom is -0.477 e. The number of hydrogen-bond donors (Lipinski definition) is 1. The number of nitrogens with zero attached hydrogens (tertiary/aromatic N) is 4. The van der Waals surface area contributed by atoms with Gasteiger partial charge in [-0.1, -0.05) is 46.3 Å². The van der Waals surface area contributed by atoms with Gasteiger partial charge in [-0.2, -0.15) is 0 Å². The van der Waals surface area contributed by atoms with Gasteiger partial charge in [-0.05, 0) is 44.4 Å². The number of aliphatic carboxylic acids is 1. The second-order valence-electron chi connectivity index (χ2n) is 10.2. The molecule has 8 heteroatoms. The van der Waals surface area contributed by atoms with Crippen LogP contribution in [0.4, 0.5) is 0 Å². The molecule has 1 aliphatic heterocycles. The number of aromatic nitrogens is 3. The van der Waals surface area contributed by atoms with E-state index in [-0.39, 0.29) is 28.7 Å². The van der Waals surface area contributed by atoms with Crippen LogP contribution in [0.25, 0.3) is 0 Å². The molecule has 180 valence electrons. The highest BCUT2D eigenvalue weighted by Gasteiger charge is 2.40. The molecule has 0 saturated carbocycles. The Balaban J connectivity index is 2.27. The second kappa shape index (κ2) is 11.3. The van der Waals surface area contributed by atoms with Gasteiger partial charge in [-0.15, -0.1) is 16.9 Å². The number of carboxylic acids is 1. The third-order valence-electron chi connectivity index (χ3n) is 6.50. The molecule has 1 aromatic rings. The maximum atomic E-state index is 13.5. The van der Waals surface area contributed by atoms with Crippen LogP contribution in [0.2, 0.25) is 0 Å². The number of hydrogen-bond acceptors (Lipinski definition) is 5. The van der Waals surface area contributed by atoms with Crippen LogP contribution in [0, 0.1) is 11.3 Å². The first-order chi connectivity index (χ1) is 15.0. The average molecular weight is 465 g/mol. The first-order valence-electron chi connectivity index (χ1n) is 11.8. The van der Waals surface area contributed by atoms with Gasteiger partial charge in [0, 0.05) is 36.0 Å². The Bertz CT molecular complexity index is 801. The summed E-state index contributed by atoms with van der Waals surface area (Å²) in [6.07, 6.45) is 7.99. The normalized spacial score (nSPS) is 19.7. The molecule has 2 rings (SSSR count). The Kier molecular flexibility index (Phi) is 9.37. The van der Waals surface area contributed by atoms with Crippen molar-refractivity contribution in [3.8, 4) is 0 Å². The van der Waals surface area contributed by atoms with Gasteiger partial charge in [0.15, 0.2) is 0 Å². The molecule has 1 N–H and O–H groups in total. The van der Waals surface area contributed by atoms with Crippen LogP contribution in [0.3, 0.4) is 0 Å². The fourth-order valence-electron chi connectivity index (χ4n) is 3.94. The van der Waals surface area contributed by atoms with Crippen LogP contribution < -0.4 is 0 Å². The zero-order valence-corrected chi connectivity index (χ0v) is 21.5. The Morgan fingerprint density at radius 3 is 2.47 bits per heavy atom. The molecule has 4 atom stereocenters. The van der Waals surface area contributed by atoms with Crippen molar-refractivity contribution in [1.29, 1.82) is 0 Å². The second-order valence-corrected chi connectivity index (χ2v) is 11.4. The van der Waals surface area contributed by atoms with Crippen molar-refractivity contribution in [3.63, 3.8) is 0 Å². The standard InChI is InChI=1S/C24H40N4O3S/c1-8-16(2)9-12-21(29)28(18(4)11-10-17(3)27-14-13-25-26-27)19-15-20(24(5,6)7)32-22(19)23(30)31/h13-14,16-18,20H,8-12,15H2,1-7H3,(H,30,31). The summed E-state index contributed by atoms with van der Waals surface area (Å²) < 4.78 is 1.82. The quantitative estimate of drug-likeness (QED) is 0.464. The highest BCUT2D eigenvalue weighted by Crippen LogP contribution is 2.47. The average Bonchev–Trinajstić information content (AvgIpc) is 3.40. The summed E-state index contributed by atoms with van der Waals surface area (Å²) in [4.78, 5) is 27.7. The fourth-order valence-corrected chi connectivity index (χ4v) is 5.24. The largest absolute Gasteiger partial charge is 0.477 e. The first kappa shape index (κ1) is 26.4. The van der Waals surface area contributed by atoms with Crippen LogP contribution in [0.15, 0.2) is 23.0 Å². The minimum absolute atomic E-state index is 0.0371. The first-order valence-corrected chi connectivity index (χ1v) is 12.6. The SMILES string of the molecule is CCC(C)CCC(=O)N(C1=C(C(=O)O)SC(C(C)(C)C)C1)C(C)CCC(C)n1ccnn1. The molecule has 7 nitrogen and oxygen atoms in total. The molecule has 2 heterocycles. The van der Waals surface area contributed by atoms with E-state index in [1.165, 1.54) is 11.8 Å². The van der Waals surface area contributed by atoms with E-state index >= 15 is 0 Å². The van der Waals surface area contributed by atoms with Crippen molar-refractivity contribution in [2.45, 2.75) is 104 Å². The smallest absolute Gasteiger partial charge is 0.343 e. The number of carbonyl (C=O) groups excluding carboxylic acids is 1. The predicted octanol–water partition coefficient (Wildman–Crippen LogP) is 5.51. The number of carboxylic acid groups (broad SMARTS) is 1. The molecule has 1 aliphatic rings. The monoisotopic (exact) mass is 464 g/mol. The molecular weight excluding hydrogens is 424 g/mol. The van der Waals surface area contributed by atoms with E-state index in [9.17, 15) is 14.7 Å². The number of carbonyl (C=O) groups is 2. The van der Waals surface area contributed by atoms with Crippen LogP contribution >= 0.6 is 11.8 Å². The minimum atomic E-state index is -0.931. The van der Waals surface area contributed by atoms with Crippen molar-refractivity contribution in [3.05, 3.63) is 23.0 Å². The van der Waals surface area contributed by atoms with Crippen LogP contribution in [-0.2, 0) is 9.59 Å². The predicted molar refractivity (Wildman–Crippen MR) is 129 cm³/mol. The summed E-state index contributed by atoms with van der Waals surface area (Å²) >= 11 is 1.41. The molecule has 4 unspecified atom stereocenters. The molecule has 1 aromatic heterocycles. The van der Waals surface area contributed by atoms with Gasteiger partial charge in [0.25, 0.3) is 0 Å². The Hall–Kier alpha value is -1.83. The van der Waals surface area contributed by atoms with Gasteiger partial charge in [0.1, 0.15) is 4.91 Å². The molecule has 0 aliphatic carbocycles. The fraction of sp³-hybridized carbons (Fsp3) is 0.750. The van der Waals surface area contributed by atoms with Crippen LogP contribution in [-0.4, -0.2) is 48.2 Å². The Morgan fingerprint density at radius 2 is 1.94 bits per heavy atom. The Morgan fingerprint density at radius 1 is 1.25 bits per heavy atom. The molecule has 1 amide bonds. The highest BCUT2D eigenvalue weighted by molar-refractivity contribution is 8.04. The number of allylic oxidation sites excluding steroid dienone is 1. The van der Waals surface area contributed by atoms with Crippen molar-refractivity contribution >= 4 is 23.6 Å². The highest BCUT2D eigenvalue weighted by atomic mass is 32.2. The summed E-state index contributed by atoms with van der Waals surface area (Å²) in [6, 6.07) is 0.0688. The summed E-state index contributed by atoms with van der Waals surface area (Å²) in [6.45, 7) is 14.8. The van der Waals surface area contributed by atoms with Gasteiger partial charge >= 0.3 is 5.97 Å². The van der Waals surface area contributed by atoms with Gasteiger partial charge in [-0.25, -0.2) is 9.48 Å². The van der Waals surface area contributed by atoms with E-state index < -0.39 is 5.97 Å². The van der Waals surface area contributed by atoms with Crippen LogP contribution in [0.1, 0.15) is 93.0 Å². The molecule has 0 spiro atoms. The van der Waals surface area contributed by atoms with Gasteiger partial charge in [0.05, 0.1) is 12.2 Å². The van der Waals surface area contributed by atoms with Gasteiger partial charge in [0.2, 0.25) is 5.91 Å². The summed E-state index contributed by atoms with van der Waals surface area (Å²) in [7, 11) is 0. The summed E-state index contributed by atoms with van der Waals surface area (Å²) in [5.41, 5.74) is 0.640.